The molecule has 1 aromatic heterocycles. The molecule has 2 rings (SSSR count). The van der Waals surface area contributed by atoms with Gasteiger partial charge in [0.1, 0.15) is 23.7 Å². The summed E-state index contributed by atoms with van der Waals surface area (Å²) >= 11 is 0. The second-order valence-electron chi connectivity index (χ2n) is 5.53. The van der Waals surface area contributed by atoms with Crippen LogP contribution in [-0.4, -0.2) is 37.3 Å². The summed E-state index contributed by atoms with van der Waals surface area (Å²) in [5.74, 6) is 1.96. The molecular formula is C18H26IN3O3. The van der Waals surface area contributed by atoms with Crippen LogP contribution in [0.3, 0.4) is 0 Å². The zero-order valence-electron chi connectivity index (χ0n) is 14.6. The minimum Gasteiger partial charge on any atom is -0.492 e. The smallest absolute Gasteiger partial charge is 0.191 e. The van der Waals surface area contributed by atoms with Crippen molar-refractivity contribution in [2.75, 3.05) is 26.2 Å². The summed E-state index contributed by atoms with van der Waals surface area (Å²) in [6.07, 6.45) is 1.54. The molecule has 7 heteroatoms. The van der Waals surface area contributed by atoms with Gasteiger partial charge in [-0.2, -0.15) is 0 Å². The SMILES string of the molecule is CCNC(=NCC(C)(O)c1ccco1)NCCOc1ccccc1.I. The lowest BCUT2D eigenvalue weighted by molar-refractivity contribution is 0.0437. The van der Waals surface area contributed by atoms with Crippen molar-refractivity contribution in [3.8, 4) is 5.75 Å². The van der Waals surface area contributed by atoms with Gasteiger partial charge in [0.15, 0.2) is 5.96 Å². The van der Waals surface area contributed by atoms with Crippen molar-refractivity contribution in [3.05, 3.63) is 54.5 Å². The van der Waals surface area contributed by atoms with Crippen LogP contribution in [0.1, 0.15) is 19.6 Å². The fourth-order valence-corrected chi connectivity index (χ4v) is 2.09. The van der Waals surface area contributed by atoms with Crippen molar-refractivity contribution >= 4 is 29.9 Å². The van der Waals surface area contributed by atoms with Gasteiger partial charge in [-0.05, 0) is 38.1 Å². The fraction of sp³-hybridized carbons (Fsp3) is 0.389. The molecule has 0 spiro atoms. The second-order valence-corrected chi connectivity index (χ2v) is 5.53. The van der Waals surface area contributed by atoms with Gasteiger partial charge in [0.2, 0.25) is 0 Å². The van der Waals surface area contributed by atoms with E-state index in [1.54, 1.807) is 19.1 Å². The number of halogens is 1. The molecule has 0 aliphatic rings. The summed E-state index contributed by atoms with van der Waals surface area (Å²) in [5.41, 5.74) is -1.15. The Balaban J connectivity index is 0.00000312. The standard InChI is InChI=1S/C18H25N3O3.HI/c1-3-19-17(20-11-13-23-15-8-5-4-6-9-15)21-14-18(2,22)16-10-7-12-24-16;/h4-10,12,22H,3,11,13-14H2,1-2H3,(H2,19,20,21);1H. The van der Waals surface area contributed by atoms with Crippen molar-refractivity contribution in [3.63, 3.8) is 0 Å². The lowest BCUT2D eigenvalue weighted by Gasteiger charge is -2.19. The number of para-hydroxylation sites is 1. The van der Waals surface area contributed by atoms with Crippen LogP contribution >= 0.6 is 24.0 Å². The maximum Gasteiger partial charge on any atom is 0.191 e. The van der Waals surface area contributed by atoms with Gasteiger partial charge in [-0.25, -0.2) is 4.99 Å². The van der Waals surface area contributed by atoms with Gasteiger partial charge in [-0.3, -0.25) is 0 Å². The summed E-state index contributed by atoms with van der Waals surface area (Å²) in [6.45, 7) is 5.70. The first-order chi connectivity index (χ1) is 11.6. The van der Waals surface area contributed by atoms with Gasteiger partial charge >= 0.3 is 0 Å². The first-order valence-electron chi connectivity index (χ1n) is 8.08. The van der Waals surface area contributed by atoms with E-state index in [0.29, 0.717) is 24.9 Å². The summed E-state index contributed by atoms with van der Waals surface area (Å²) < 4.78 is 10.9. The highest BCUT2D eigenvalue weighted by Gasteiger charge is 2.25. The van der Waals surface area contributed by atoms with E-state index in [9.17, 15) is 5.11 Å². The van der Waals surface area contributed by atoms with E-state index < -0.39 is 5.60 Å². The van der Waals surface area contributed by atoms with Crippen LogP contribution in [0.2, 0.25) is 0 Å². The maximum absolute atomic E-state index is 10.4. The minimum absolute atomic E-state index is 0. The molecule has 0 aliphatic carbocycles. The first-order valence-corrected chi connectivity index (χ1v) is 8.08. The molecule has 0 aliphatic heterocycles. The quantitative estimate of drug-likeness (QED) is 0.245. The Morgan fingerprint density at radius 2 is 1.96 bits per heavy atom. The molecule has 1 aromatic carbocycles. The Morgan fingerprint density at radius 3 is 2.60 bits per heavy atom. The number of nitrogens with one attached hydrogen (secondary N) is 2. The van der Waals surface area contributed by atoms with Gasteiger partial charge in [0, 0.05) is 6.54 Å². The molecule has 1 atom stereocenters. The third-order valence-electron chi connectivity index (χ3n) is 3.35. The molecule has 0 amide bonds. The van der Waals surface area contributed by atoms with E-state index in [1.165, 1.54) is 6.26 Å². The number of furan rings is 1. The lowest BCUT2D eigenvalue weighted by Crippen LogP contribution is -2.40. The van der Waals surface area contributed by atoms with Gasteiger partial charge in [0.05, 0.1) is 19.4 Å². The molecule has 1 unspecified atom stereocenters. The van der Waals surface area contributed by atoms with Crippen LogP contribution in [0.25, 0.3) is 0 Å². The normalized spacial score (nSPS) is 13.5. The average Bonchev–Trinajstić information content (AvgIpc) is 3.13. The molecule has 6 nitrogen and oxygen atoms in total. The van der Waals surface area contributed by atoms with Crippen molar-refractivity contribution in [1.82, 2.24) is 10.6 Å². The molecule has 138 valence electrons. The van der Waals surface area contributed by atoms with E-state index >= 15 is 0 Å². The molecule has 2 aromatic rings. The highest BCUT2D eigenvalue weighted by atomic mass is 127. The maximum atomic E-state index is 10.4. The van der Waals surface area contributed by atoms with Crippen LogP contribution in [0.5, 0.6) is 5.75 Å². The van der Waals surface area contributed by atoms with Crippen LogP contribution in [0, 0.1) is 0 Å². The summed E-state index contributed by atoms with van der Waals surface area (Å²) in [5, 5.41) is 16.8. The van der Waals surface area contributed by atoms with Crippen molar-refractivity contribution in [2.24, 2.45) is 4.99 Å². The summed E-state index contributed by atoms with van der Waals surface area (Å²) in [4.78, 5) is 4.41. The number of aliphatic imine (C=N–C) groups is 1. The first kappa shape index (κ1) is 21.3. The highest BCUT2D eigenvalue weighted by molar-refractivity contribution is 14.0. The Morgan fingerprint density at radius 1 is 1.20 bits per heavy atom. The third-order valence-corrected chi connectivity index (χ3v) is 3.35. The Labute approximate surface area is 165 Å². The van der Waals surface area contributed by atoms with E-state index in [1.807, 2.05) is 37.3 Å². The number of hydrogen-bond acceptors (Lipinski definition) is 4. The topological polar surface area (TPSA) is 79.0 Å². The van der Waals surface area contributed by atoms with Gasteiger partial charge < -0.3 is 24.9 Å². The Kier molecular flexibility index (Phi) is 9.36. The molecule has 0 saturated carbocycles. The average molecular weight is 459 g/mol. The third kappa shape index (κ3) is 7.35. The summed E-state index contributed by atoms with van der Waals surface area (Å²) in [6, 6.07) is 13.1. The number of rotatable bonds is 8. The van der Waals surface area contributed by atoms with Crippen molar-refractivity contribution in [1.29, 1.82) is 0 Å². The Bertz CT molecular complexity index is 616. The van der Waals surface area contributed by atoms with Gasteiger partial charge in [-0.1, -0.05) is 18.2 Å². The number of nitrogens with zero attached hydrogens (tertiary/aromatic N) is 1. The summed E-state index contributed by atoms with van der Waals surface area (Å²) in [7, 11) is 0. The molecule has 25 heavy (non-hydrogen) atoms. The monoisotopic (exact) mass is 459 g/mol. The van der Waals surface area contributed by atoms with E-state index in [4.69, 9.17) is 9.15 Å². The lowest BCUT2D eigenvalue weighted by atomic mass is 10.0. The van der Waals surface area contributed by atoms with Crippen LogP contribution in [0.15, 0.2) is 58.1 Å². The van der Waals surface area contributed by atoms with Crippen molar-refractivity contribution < 1.29 is 14.3 Å². The molecule has 0 saturated heterocycles. The number of aliphatic hydroxyl groups is 1. The largest absolute Gasteiger partial charge is 0.492 e. The zero-order chi connectivity index (χ0) is 17.3. The van der Waals surface area contributed by atoms with E-state index in [2.05, 4.69) is 15.6 Å². The number of guanidine groups is 1. The number of hydrogen-bond donors (Lipinski definition) is 3. The number of ether oxygens (including phenoxy) is 1. The molecule has 0 bridgehead atoms. The van der Waals surface area contributed by atoms with E-state index in [-0.39, 0.29) is 30.5 Å². The Hall–Kier alpha value is -1.74. The second kappa shape index (κ2) is 11.0. The zero-order valence-corrected chi connectivity index (χ0v) is 16.9. The molecule has 0 radical (unpaired) electrons. The number of benzene rings is 1. The molecule has 3 N–H and O–H groups in total. The molecular weight excluding hydrogens is 433 g/mol. The van der Waals surface area contributed by atoms with E-state index in [0.717, 1.165) is 12.3 Å². The van der Waals surface area contributed by atoms with Crippen LogP contribution in [-0.2, 0) is 5.60 Å². The van der Waals surface area contributed by atoms with Crippen LogP contribution in [0.4, 0.5) is 0 Å². The predicted molar refractivity (Wildman–Crippen MR) is 110 cm³/mol. The van der Waals surface area contributed by atoms with Gasteiger partial charge in [0.25, 0.3) is 0 Å². The highest BCUT2D eigenvalue weighted by Crippen LogP contribution is 2.20. The van der Waals surface area contributed by atoms with Crippen LogP contribution < -0.4 is 15.4 Å². The predicted octanol–water partition coefficient (Wildman–Crippen LogP) is 2.74. The molecule has 1 heterocycles. The minimum atomic E-state index is -1.15. The fourth-order valence-electron chi connectivity index (χ4n) is 2.09. The van der Waals surface area contributed by atoms with Gasteiger partial charge in [-0.15, -0.1) is 24.0 Å². The molecule has 0 fully saturated rings. The van der Waals surface area contributed by atoms with Crippen molar-refractivity contribution in [2.45, 2.75) is 19.4 Å².